The molecule has 1 saturated heterocycles. The van der Waals surface area contributed by atoms with Crippen molar-refractivity contribution in [3.05, 3.63) is 15.6 Å². The van der Waals surface area contributed by atoms with E-state index in [1.807, 2.05) is 14.0 Å². The van der Waals surface area contributed by atoms with E-state index < -0.39 is 0 Å². The van der Waals surface area contributed by atoms with E-state index in [-0.39, 0.29) is 24.0 Å². The van der Waals surface area contributed by atoms with Crippen molar-refractivity contribution in [2.75, 3.05) is 40.4 Å². The Morgan fingerprint density at radius 3 is 2.62 bits per heavy atom. The number of hydrogen-bond donors (Lipinski definition) is 2. The molecule has 0 spiro atoms. The maximum Gasteiger partial charge on any atom is 0.191 e. The van der Waals surface area contributed by atoms with Gasteiger partial charge in [0.05, 0.1) is 23.9 Å². The summed E-state index contributed by atoms with van der Waals surface area (Å²) < 4.78 is 5.15. The first-order chi connectivity index (χ1) is 11.1. The molecule has 1 aromatic heterocycles. The Kier molecular flexibility index (Phi) is 10.1. The van der Waals surface area contributed by atoms with Gasteiger partial charge in [-0.2, -0.15) is 0 Å². The fraction of sp³-hybridized carbons (Fsp3) is 0.750. The van der Waals surface area contributed by atoms with Gasteiger partial charge in [-0.3, -0.25) is 4.99 Å². The van der Waals surface area contributed by atoms with Gasteiger partial charge < -0.3 is 20.3 Å². The van der Waals surface area contributed by atoms with Crippen molar-refractivity contribution >= 4 is 41.3 Å². The SMILES string of the molecule is CN=C(NCc1sc(C)nc1C)NC1CCN(CCOC)CC1.I. The molecule has 0 atom stereocenters. The van der Waals surface area contributed by atoms with Crippen molar-refractivity contribution in [2.24, 2.45) is 4.99 Å². The summed E-state index contributed by atoms with van der Waals surface area (Å²) in [5, 5.41) is 8.07. The van der Waals surface area contributed by atoms with Gasteiger partial charge >= 0.3 is 0 Å². The molecular weight excluding hydrogens is 437 g/mol. The van der Waals surface area contributed by atoms with Crippen LogP contribution in [0, 0.1) is 13.8 Å². The molecule has 1 aliphatic rings. The molecule has 1 fully saturated rings. The van der Waals surface area contributed by atoms with E-state index >= 15 is 0 Å². The van der Waals surface area contributed by atoms with Crippen LogP contribution in [0.2, 0.25) is 0 Å². The van der Waals surface area contributed by atoms with Crippen LogP contribution in [0.25, 0.3) is 0 Å². The van der Waals surface area contributed by atoms with E-state index in [2.05, 4.69) is 32.4 Å². The van der Waals surface area contributed by atoms with Gasteiger partial charge in [0.15, 0.2) is 5.96 Å². The minimum Gasteiger partial charge on any atom is -0.383 e. The minimum absolute atomic E-state index is 0. The summed E-state index contributed by atoms with van der Waals surface area (Å²) in [6.07, 6.45) is 2.28. The molecule has 0 aliphatic carbocycles. The molecule has 0 radical (unpaired) electrons. The van der Waals surface area contributed by atoms with Gasteiger partial charge in [0.1, 0.15) is 0 Å². The molecule has 1 aliphatic heterocycles. The Balaban J connectivity index is 0.00000288. The summed E-state index contributed by atoms with van der Waals surface area (Å²) in [4.78, 5) is 12.6. The number of methoxy groups -OCH3 is 1. The van der Waals surface area contributed by atoms with Crippen molar-refractivity contribution < 1.29 is 4.74 Å². The zero-order chi connectivity index (χ0) is 16.7. The van der Waals surface area contributed by atoms with Crippen LogP contribution in [0.3, 0.4) is 0 Å². The van der Waals surface area contributed by atoms with Crippen LogP contribution in [0.5, 0.6) is 0 Å². The first-order valence-electron chi connectivity index (χ1n) is 8.23. The van der Waals surface area contributed by atoms with Crippen molar-refractivity contribution in [1.82, 2.24) is 20.5 Å². The summed E-state index contributed by atoms with van der Waals surface area (Å²) in [6, 6.07) is 0.490. The Morgan fingerprint density at radius 2 is 2.08 bits per heavy atom. The lowest BCUT2D eigenvalue weighted by atomic mass is 10.1. The highest BCUT2D eigenvalue weighted by Crippen LogP contribution is 2.16. The van der Waals surface area contributed by atoms with E-state index in [0.29, 0.717) is 6.04 Å². The Bertz CT molecular complexity index is 515. The highest BCUT2D eigenvalue weighted by atomic mass is 127. The average Bonchev–Trinajstić information content (AvgIpc) is 2.88. The second-order valence-electron chi connectivity index (χ2n) is 5.92. The van der Waals surface area contributed by atoms with Crippen LogP contribution < -0.4 is 10.6 Å². The number of piperidine rings is 1. The normalized spacial score (nSPS) is 16.8. The third-order valence-electron chi connectivity index (χ3n) is 4.18. The van der Waals surface area contributed by atoms with Gasteiger partial charge in [-0.1, -0.05) is 0 Å². The molecule has 8 heteroatoms. The lowest BCUT2D eigenvalue weighted by Crippen LogP contribution is -2.48. The minimum atomic E-state index is 0. The molecule has 6 nitrogen and oxygen atoms in total. The summed E-state index contributed by atoms with van der Waals surface area (Å²) in [6.45, 7) is 8.97. The number of halogens is 1. The monoisotopic (exact) mass is 467 g/mol. The third kappa shape index (κ3) is 6.81. The van der Waals surface area contributed by atoms with Crippen LogP contribution in [-0.4, -0.2) is 62.3 Å². The summed E-state index contributed by atoms with van der Waals surface area (Å²) in [5.41, 5.74) is 1.11. The molecule has 138 valence electrons. The number of aryl methyl sites for hydroxylation is 2. The summed E-state index contributed by atoms with van der Waals surface area (Å²) >= 11 is 1.75. The highest BCUT2D eigenvalue weighted by molar-refractivity contribution is 14.0. The van der Waals surface area contributed by atoms with E-state index in [1.165, 1.54) is 4.88 Å². The van der Waals surface area contributed by atoms with Crippen LogP contribution in [-0.2, 0) is 11.3 Å². The van der Waals surface area contributed by atoms with E-state index in [0.717, 1.165) is 62.3 Å². The Morgan fingerprint density at radius 1 is 1.38 bits per heavy atom. The molecule has 2 N–H and O–H groups in total. The van der Waals surface area contributed by atoms with Crippen LogP contribution >= 0.6 is 35.3 Å². The number of hydrogen-bond acceptors (Lipinski definition) is 5. The van der Waals surface area contributed by atoms with Crippen LogP contribution in [0.15, 0.2) is 4.99 Å². The number of aromatic nitrogens is 1. The van der Waals surface area contributed by atoms with Crippen LogP contribution in [0.4, 0.5) is 0 Å². The van der Waals surface area contributed by atoms with E-state index in [1.54, 1.807) is 18.4 Å². The van der Waals surface area contributed by atoms with Gasteiger partial charge in [-0.15, -0.1) is 35.3 Å². The molecule has 0 aromatic carbocycles. The molecule has 2 heterocycles. The van der Waals surface area contributed by atoms with Gasteiger partial charge in [0, 0.05) is 44.7 Å². The molecule has 0 saturated carbocycles. The number of rotatable bonds is 6. The molecule has 0 bridgehead atoms. The number of likely N-dealkylation sites (tertiary alicyclic amines) is 1. The fourth-order valence-electron chi connectivity index (χ4n) is 2.81. The summed E-state index contributed by atoms with van der Waals surface area (Å²) in [7, 11) is 3.59. The molecule has 2 rings (SSSR count). The lowest BCUT2D eigenvalue weighted by Gasteiger charge is -2.32. The first kappa shape index (κ1) is 21.6. The zero-order valence-corrected chi connectivity index (χ0v) is 18.2. The number of aliphatic imine (C=N–C) groups is 1. The van der Waals surface area contributed by atoms with Crippen molar-refractivity contribution in [1.29, 1.82) is 0 Å². The van der Waals surface area contributed by atoms with Crippen molar-refractivity contribution in [2.45, 2.75) is 39.3 Å². The predicted octanol–water partition coefficient (Wildman–Crippen LogP) is 2.15. The standard InChI is InChI=1S/C16H29N5OS.HI/c1-12-15(23-13(2)19-12)11-18-16(17-3)20-14-5-7-21(8-6-14)9-10-22-4;/h14H,5-11H2,1-4H3,(H2,17,18,20);1H. The second-order valence-corrected chi connectivity index (χ2v) is 7.21. The third-order valence-corrected chi connectivity index (χ3v) is 5.25. The summed E-state index contributed by atoms with van der Waals surface area (Å²) in [5.74, 6) is 0.880. The Labute approximate surface area is 166 Å². The topological polar surface area (TPSA) is 61.8 Å². The average molecular weight is 467 g/mol. The fourth-order valence-corrected chi connectivity index (χ4v) is 3.69. The van der Waals surface area contributed by atoms with E-state index in [9.17, 15) is 0 Å². The molecule has 1 aromatic rings. The predicted molar refractivity (Wildman–Crippen MR) is 112 cm³/mol. The maximum absolute atomic E-state index is 5.15. The molecule has 0 amide bonds. The van der Waals surface area contributed by atoms with Gasteiger partial charge in [-0.25, -0.2) is 4.98 Å². The second kappa shape index (κ2) is 11.2. The zero-order valence-electron chi connectivity index (χ0n) is 15.1. The van der Waals surface area contributed by atoms with Crippen molar-refractivity contribution in [3.8, 4) is 0 Å². The number of guanidine groups is 1. The molecule has 0 unspecified atom stereocenters. The molecular formula is C16H30IN5OS. The number of ether oxygens (including phenoxy) is 1. The van der Waals surface area contributed by atoms with Gasteiger partial charge in [-0.05, 0) is 26.7 Å². The van der Waals surface area contributed by atoms with Crippen molar-refractivity contribution in [3.63, 3.8) is 0 Å². The van der Waals surface area contributed by atoms with Crippen LogP contribution in [0.1, 0.15) is 28.4 Å². The Hall–Kier alpha value is -0.450. The maximum atomic E-state index is 5.15. The number of nitrogens with one attached hydrogen (secondary N) is 2. The first-order valence-corrected chi connectivity index (χ1v) is 9.05. The molecule has 24 heavy (non-hydrogen) atoms. The van der Waals surface area contributed by atoms with Gasteiger partial charge in [0.25, 0.3) is 0 Å². The smallest absolute Gasteiger partial charge is 0.191 e. The number of nitrogens with zero attached hydrogens (tertiary/aromatic N) is 3. The lowest BCUT2D eigenvalue weighted by molar-refractivity contribution is 0.128. The quantitative estimate of drug-likeness (QED) is 0.382. The highest BCUT2D eigenvalue weighted by Gasteiger charge is 2.19. The van der Waals surface area contributed by atoms with Gasteiger partial charge in [0.2, 0.25) is 0 Å². The van der Waals surface area contributed by atoms with E-state index in [4.69, 9.17) is 4.74 Å². The number of thiazole rings is 1. The largest absolute Gasteiger partial charge is 0.383 e.